The molecule has 0 aliphatic carbocycles. The highest BCUT2D eigenvalue weighted by molar-refractivity contribution is 5.97. The van der Waals surface area contributed by atoms with Gasteiger partial charge in [0.1, 0.15) is 5.75 Å². The molecule has 1 unspecified atom stereocenters. The normalized spacial score (nSPS) is 14.9. The third-order valence-corrected chi connectivity index (χ3v) is 4.09. The van der Waals surface area contributed by atoms with E-state index < -0.39 is 11.9 Å². The fraction of sp³-hybridized carbons (Fsp3) is 0.529. The van der Waals surface area contributed by atoms with Crippen molar-refractivity contribution >= 4 is 23.3 Å². The summed E-state index contributed by atoms with van der Waals surface area (Å²) in [6.07, 6.45) is 2.01. The Morgan fingerprint density at radius 3 is 2.87 bits per heavy atom. The van der Waals surface area contributed by atoms with E-state index in [2.05, 4.69) is 11.8 Å². The van der Waals surface area contributed by atoms with E-state index in [1.807, 2.05) is 18.2 Å². The molecule has 6 nitrogen and oxygen atoms in total. The van der Waals surface area contributed by atoms with Gasteiger partial charge in [0.15, 0.2) is 6.61 Å². The molecule has 1 heterocycles. The maximum Gasteiger partial charge on any atom is 0.308 e. The lowest BCUT2D eigenvalue weighted by atomic mass is 10.1. The second-order valence-corrected chi connectivity index (χ2v) is 5.93. The van der Waals surface area contributed by atoms with Crippen LogP contribution in [0.3, 0.4) is 0 Å². The van der Waals surface area contributed by atoms with E-state index in [1.54, 1.807) is 18.9 Å². The molecule has 0 aromatic heterocycles. The van der Waals surface area contributed by atoms with Gasteiger partial charge in [-0.15, -0.1) is 0 Å². The second-order valence-electron chi connectivity index (χ2n) is 5.93. The van der Waals surface area contributed by atoms with Crippen LogP contribution >= 0.6 is 0 Å². The average Bonchev–Trinajstić information content (AvgIpc) is 2.54. The van der Waals surface area contributed by atoms with E-state index in [9.17, 15) is 14.7 Å². The Morgan fingerprint density at radius 1 is 1.48 bits per heavy atom. The van der Waals surface area contributed by atoms with Crippen molar-refractivity contribution < 1.29 is 19.4 Å². The zero-order chi connectivity index (χ0) is 17.0. The van der Waals surface area contributed by atoms with E-state index in [-0.39, 0.29) is 12.5 Å². The summed E-state index contributed by atoms with van der Waals surface area (Å²) in [6.45, 7) is 5.08. The lowest BCUT2D eigenvalue weighted by molar-refractivity contribution is -0.140. The summed E-state index contributed by atoms with van der Waals surface area (Å²) in [7, 11) is 1.73. The van der Waals surface area contributed by atoms with Crippen molar-refractivity contribution in [2.24, 2.45) is 5.92 Å². The molecule has 1 N–H and O–H groups in total. The summed E-state index contributed by atoms with van der Waals surface area (Å²) in [4.78, 5) is 26.6. The minimum atomic E-state index is -0.805. The number of hydrogen-bond donors (Lipinski definition) is 1. The predicted octanol–water partition coefficient (Wildman–Crippen LogP) is 2.37. The van der Waals surface area contributed by atoms with Crippen LogP contribution in [0, 0.1) is 5.92 Å². The largest absolute Gasteiger partial charge is 0.482 e. The molecular weight excluding hydrogens is 296 g/mol. The van der Waals surface area contributed by atoms with Crippen molar-refractivity contribution in [1.82, 2.24) is 0 Å². The lowest BCUT2D eigenvalue weighted by Crippen LogP contribution is -2.36. The Labute approximate surface area is 136 Å². The zero-order valence-corrected chi connectivity index (χ0v) is 13.9. The summed E-state index contributed by atoms with van der Waals surface area (Å²) in [6, 6.07) is 5.67. The number of hydrogen-bond acceptors (Lipinski definition) is 4. The smallest absolute Gasteiger partial charge is 0.308 e. The molecule has 126 valence electrons. The molecule has 0 saturated carbocycles. The minimum absolute atomic E-state index is 0.0540. The van der Waals surface area contributed by atoms with Crippen LogP contribution in [-0.2, 0) is 9.59 Å². The molecule has 1 aliphatic heterocycles. The number of unbranched alkanes of at least 4 members (excludes halogenated alkanes) is 1. The van der Waals surface area contributed by atoms with E-state index >= 15 is 0 Å². The fourth-order valence-electron chi connectivity index (χ4n) is 2.54. The molecule has 0 spiro atoms. The summed E-state index contributed by atoms with van der Waals surface area (Å²) in [5.41, 5.74) is 1.64. The highest BCUT2D eigenvalue weighted by atomic mass is 16.5. The third-order valence-electron chi connectivity index (χ3n) is 4.09. The van der Waals surface area contributed by atoms with Gasteiger partial charge >= 0.3 is 5.97 Å². The number of likely N-dealkylation sites (N-methyl/N-ethyl adjacent to an activating group) is 1. The van der Waals surface area contributed by atoms with Gasteiger partial charge in [0.2, 0.25) is 0 Å². The van der Waals surface area contributed by atoms with Crippen LogP contribution in [0.5, 0.6) is 5.75 Å². The molecule has 0 saturated heterocycles. The molecule has 1 aromatic carbocycles. The standard InChI is InChI=1S/C17H24N2O4/c1-4-5-8-19(10-12(2)17(21)22)13-6-7-15-14(9-13)18(3)16(20)11-23-15/h6-7,9,12H,4-5,8,10-11H2,1-3H3,(H,21,22). The number of carboxylic acids is 1. The number of ether oxygens (including phenoxy) is 1. The van der Waals surface area contributed by atoms with Gasteiger partial charge < -0.3 is 19.6 Å². The quantitative estimate of drug-likeness (QED) is 0.835. The molecule has 2 rings (SSSR count). The Morgan fingerprint density at radius 2 is 2.22 bits per heavy atom. The van der Waals surface area contributed by atoms with Crippen molar-refractivity contribution in [3.63, 3.8) is 0 Å². The van der Waals surface area contributed by atoms with E-state index in [1.165, 1.54) is 0 Å². The van der Waals surface area contributed by atoms with Gasteiger partial charge in [0.05, 0.1) is 11.6 Å². The average molecular weight is 320 g/mol. The molecule has 0 bridgehead atoms. The van der Waals surface area contributed by atoms with Crippen LogP contribution in [0.1, 0.15) is 26.7 Å². The Hall–Kier alpha value is -2.24. The van der Waals surface area contributed by atoms with Gasteiger partial charge in [-0.05, 0) is 24.6 Å². The van der Waals surface area contributed by atoms with Gasteiger partial charge in [0, 0.05) is 25.8 Å². The molecule has 1 amide bonds. The SMILES string of the molecule is CCCCN(CC(C)C(=O)O)c1ccc2c(c1)N(C)C(=O)CO2. The molecule has 1 aromatic rings. The Balaban J connectivity index is 2.27. The molecular formula is C17H24N2O4. The van der Waals surface area contributed by atoms with E-state index in [0.29, 0.717) is 12.3 Å². The molecule has 1 atom stereocenters. The van der Waals surface area contributed by atoms with Crippen molar-refractivity contribution in [3.05, 3.63) is 18.2 Å². The first-order chi connectivity index (χ1) is 10.9. The predicted molar refractivity (Wildman–Crippen MR) is 89.3 cm³/mol. The number of amides is 1. The van der Waals surface area contributed by atoms with Gasteiger partial charge in [0.25, 0.3) is 5.91 Å². The zero-order valence-electron chi connectivity index (χ0n) is 13.9. The number of nitrogens with zero attached hydrogens (tertiary/aromatic N) is 2. The monoisotopic (exact) mass is 320 g/mol. The van der Waals surface area contributed by atoms with Crippen LogP contribution in [0.25, 0.3) is 0 Å². The number of benzene rings is 1. The van der Waals surface area contributed by atoms with Crippen molar-refractivity contribution in [2.45, 2.75) is 26.7 Å². The summed E-state index contributed by atoms with van der Waals surface area (Å²) in [5.74, 6) is -0.676. The third kappa shape index (κ3) is 3.94. The van der Waals surface area contributed by atoms with Crippen molar-refractivity contribution in [2.75, 3.05) is 36.5 Å². The Kier molecular flexibility index (Phi) is 5.47. The summed E-state index contributed by atoms with van der Waals surface area (Å²) < 4.78 is 5.44. The Bertz CT molecular complexity index is 588. The summed E-state index contributed by atoms with van der Waals surface area (Å²) in [5, 5.41) is 9.17. The number of carbonyl (C=O) groups is 2. The fourth-order valence-corrected chi connectivity index (χ4v) is 2.54. The number of anilines is 2. The number of carboxylic acid groups (broad SMARTS) is 1. The maximum atomic E-state index is 11.8. The number of aliphatic carboxylic acids is 1. The van der Waals surface area contributed by atoms with Gasteiger partial charge in [-0.25, -0.2) is 0 Å². The highest BCUT2D eigenvalue weighted by Crippen LogP contribution is 2.35. The molecule has 0 fully saturated rings. The van der Waals surface area contributed by atoms with E-state index in [0.717, 1.165) is 30.8 Å². The van der Waals surface area contributed by atoms with Crippen LogP contribution in [0.15, 0.2) is 18.2 Å². The molecule has 0 radical (unpaired) electrons. The number of fused-ring (bicyclic) bond motifs is 1. The first-order valence-corrected chi connectivity index (χ1v) is 7.95. The number of carbonyl (C=O) groups excluding carboxylic acids is 1. The first kappa shape index (κ1) is 17.1. The van der Waals surface area contributed by atoms with Gasteiger partial charge in [-0.3, -0.25) is 9.59 Å². The van der Waals surface area contributed by atoms with Crippen LogP contribution in [-0.4, -0.2) is 43.7 Å². The highest BCUT2D eigenvalue weighted by Gasteiger charge is 2.24. The van der Waals surface area contributed by atoms with Crippen molar-refractivity contribution in [1.29, 1.82) is 0 Å². The maximum absolute atomic E-state index is 11.8. The molecule has 6 heteroatoms. The van der Waals surface area contributed by atoms with E-state index in [4.69, 9.17) is 4.74 Å². The summed E-state index contributed by atoms with van der Waals surface area (Å²) >= 11 is 0. The molecule has 23 heavy (non-hydrogen) atoms. The second kappa shape index (κ2) is 7.35. The van der Waals surface area contributed by atoms with Crippen LogP contribution in [0.2, 0.25) is 0 Å². The minimum Gasteiger partial charge on any atom is -0.482 e. The van der Waals surface area contributed by atoms with Gasteiger partial charge in [-0.2, -0.15) is 0 Å². The van der Waals surface area contributed by atoms with Crippen LogP contribution < -0.4 is 14.5 Å². The van der Waals surface area contributed by atoms with Crippen LogP contribution in [0.4, 0.5) is 11.4 Å². The topological polar surface area (TPSA) is 70.1 Å². The van der Waals surface area contributed by atoms with Gasteiger partial charge in [-0.1, -0.05) is 20.3 Å². The molecule has 1 aliphatic rings. The lowest BCUT2D eigenvalue weighted by Gasteiger charge is -2.30. The van der Waals surface area contributed by atoms with Crippen molar-refractivity contribution in [3.8, 4) is 5.75 Å². The number of rotatable bonds is 7. The first-order valence-electron chi connectivity index (χ1n) is 7.95.